The van der Waals surface area contributed by atoms with Gasteiger partial charge in [0.05, 0.1) is 7.11 Å². The van der Waals surface area contributed by atoms with Crippen LogP contribution in [0.1, 0.15) is 38.1 Å². The van der Waals surface area contributed by atoms with Crippen LogP contribution in [-0.2, 0) is 0 Å². The molecule has 0 radical (unpaired) electrons. The van der Waals surface area contributed by atoms with Crippen molar-refractivity contribution in [3.05, 3.63) is 29.8 Å². The summed E-state index contributed by atoms with van der Waals surface area (Å²) in [5.41, 5.74) is 0.605. The first-order valence-corrected chi connectivity index (χ1v) is 6.47. The number of ketones is 1. The van der Waals surface area contributed by atoms with Gasteiger partial charge in [0.25, 0.3) is 0 Å². The highest BCUT2D eigenvalue weighted by Crippen LogP contribution is 2.12. The largest absolute Gasteiger partial charge is 0.497 e. The molecule has 1 rings (SSSR count). The number of rotatable bonds is 5. The van der Waals surface area contributed by atoms with Gasteiger partial charge in [-0.3, -0.25) is 9.79 Å². The number of hydrogen-bond acceptors (Lipinski definition) is 3. The lowest BCUT2D eigenvalue weighted by atomic mass is 10.1. The number of carbonyl (C=O) groups excluding carboxylic acids is 1. The fourth-order valence-corrected chi connectivity index (χ4v) is 1.57. The molecular weight excluding hydrogens is 240 g/mol. The molecule has 0 saturated heterocycles. The van der Waals surface area contributed by atoms with Crippen molar-refractivity contribution in [1.82, 2.24) is 5.32 Å². The van der Waals surface area contributed by atoms with Crippen molar-refractivity contribution >= 4 is 11.6 Å². The van der Waals surface area contributed by atoms with Crippen molar-refractivity contribution in [2.24, 2.45) is 4.99 Å². The maximum absolute atomic E-state index is 12.4. The highest BCUT2D eigenvalue weighted by atomic mass is 16.5. The monoisotopic (exact) mass is 262 g/mol. The molecule has 104 valence electrons. The molecule has 0 aliphatic carbocycles. The number of ether oxygens (including phenoxy) is 1. The summed E-state index contributed by atoms with van der Waals surface area (Å²) >= 11 is 0. The first kappa shape index (κ1) is 15.2. The van der Waals surface area contributed by atoms with Gasteiger partial charge in [-0.1, -0.05) is 0 Å². The van der Waals surface area contributed by atoms with E-state index in [-0.39, 0.29) is 17.9 Å². The maximum Gasteiger partial charge on any atom is 0.227 e. The van der Waals surface area contributed by atoms with Crippen LogP contribution in [0.25, 0.3) is 0 Å². The Labute approximate surface area is 114 Å². The van der Waals surface area contributed by atoms with Gasteiger partial charge in [-0.05, 0) is 52.0 Å². The van der Waals surface area contributed by atoms with E-state index in [0.29, 0.717) is 11.4 Å². The van der Waals surface area contributed by atoms with Crippen molar-refractivity contribution in [1.29, 1.82) is 0 Å². The molecule has 0 aromatic heterocycles. The zero-order chi connectivity index (χ0) is 14.4. The molecule has 0 heterocycles. The average molecular weight is 262 g/mol. The molecule has 0 atom stereocenters. The quantitative estimate of drug-likeness (QED) is 0.504. The van der Waals surface area contributed by atoms with Crippen LogP contribution in [0, 0.1) is 0 Å². The molecule has 0 aliphatic rings. The molecule has 0 unspecified atom stereocenters. The Morgan fingerprint density at radius 1 is 1.16 bits per heavy atom. The van der Waals surface area contributed by atoms with Crippen molar-refractivity contribution < 1.29 is 9.53 Å². The first-order valence-electron chi connectivity index (χ1n) is 6.47. The number of nitrogens with zero attached hydrogens (tertiary/aromatic N) is 1. The molecule has 0 spiro atoms. The van der Waals surface area contributed by atoms with E-state index in [1.807, 2.05) is 27.7 Å². The predicted octanol–water partition coefficient (Wildman–Crippen LogP) is 2.68. The minimum Gasteiger partial charge on any atom is -0.497 e. The van der Waals surface area contributed by atoms with Crippen LogP contribution in [0.4, 0.5) is 0 Å². The summed E-state index contributed by atoms with van der Waals surface area (Å²) in [6.45, 7) is 7.86. The summed E-state index contributed by atoms with van der Waals surface area (Å²) in [5.74, 6) is 1.05. The molecule has 19 heavy (non-hydrogen) atoms. The summed E-state index contributed by atoms with van der Waals surface area (Å²) in [6.07, 6.45) is 0. The Morgan fingerprint density at radius 2 is 1.74 bits per heavy atom. The molecule has 0 amide bonds. The Bertz CT molecular complexity index is 448. The van der Waals surface area contributed by atoms with Gasteiger partial charge in [0, 0.05) is 17.6 Å². The molecule has 0 bridgehead atoms. The second-order valence-electron chi connectivity index (χ2n) is 4.93. The van der Waals surface area contributed by atoms with Crippen molar-refractivity contribution in [3.63, 3.8) is 0 Å². The zero-order valence-corrected chi connectivity index (χ0v) is 12.2. The number of aliphatic imine (C=N–C) groups is 1. The van der Waals surface area contributed by atoms with E-state index in [9.17, 15) is 4.79 Å². The lowest BCUT2D eigenvalue weighted by molar-refractivity contribution is 0.106. The standard InChI is InChI=1S/C15H22N2O2/c1-10(2)16-15(17-11(3)4)14(18)12-6-8-13(19-5)9-7-12/h6-11H,1-5H3,(H,16,17). The molecule has 0 saturated carbocycles. The molecule has 1 aromatic carbocycles. The molecular formula is C15H22N2O2. The molecule has 4 nitrogen and oxygen atoms in total. The minimum absolute atomic E-state index is 0.0726. The van der Waals surface area contributed by atoms with Crippen LogP contribution in [0.5, 0.6) is 5.75 Å². The Hall–Kier alpha value is -1.84. The van der Waals surface area contributed by atoms with E-state index in [2.05, 4.69) is 10.3 Å². The fourth-order valence-electron chi connectivity index (χ4n) is 1.57. The zero-order valence-electron chi connectivity index (χ0n) is 12.2. The van der Waals surface area contributed by atoms with E-state index >= 15 is 0 Å². The van der Waals surface area contributed by atoms with Gasteiger partial charge in [-0.15, -0.1) is 0 Å². The van der Waals surface area contributed by atoms with Crippen molar-refractivity contribution in [3.8, 4) is 5.75 Å². The van der Waals surface area contributed by atoms with Gasteiger partial charge in [0.15, 0.2) is 5.84 Å². The molecule has 1 N–H and O–H groups in total. The van der Waals surface area contributed by atoms with Crippen LogP contribution in [0.3, 0.4) is 0 Å². The summed E-state index contributed by atoms with van der Waals surface area (Å²) in [5, 5.41) is 3.11. The Kier molecular flexibility index (Phi) is 5.55. The number of hydrogen-bond donors (Lipinski definition) is 1. The van der Waals surface area contributed by atoms with E-state index in [0.717, 1.165) is 5.75 Å². The molecule has 1 aromatic rings. The lowest BCUT2D eigenvalue weighted by Gasteiger charge is -2.13. The summed E-state index contributed by atoms with van der Waals surface area (Å²) in [6, 6.07) is 7.28. The van der Waals surface area contributed by atoms with E-state index < -0.39 is 0 Å². The number of methoxy groups -OCH3 is 1. The number of Topliss-reactive ketones (excluding diaryl/α,β-unsaturated/α-hetero) is 1. The highest BCUT2D eigenvalue weighted by molar-refractivity contribution is 6.45. The SMILES string of the molecule is COc1ccc(C(=O)C(=NC(C)C)NC(C)C)cc1. The molecule has 0 aliphatic heterocycles. The van der Waals surface area contributed by atoms with Gasteiger partial charge in [0.2, 0.25) is 5.78 Å². The van der Waals surface area contributed by atoms with Crippen LogP contribution >= 0.6 is 0 Å². The number of nitrogens with one attached hydrogen (secondary N) is 1. The topological polar surface area (TPSA) is 50.7 Å². The predicted molar refractivity (Wildman–Crippen MR) is 78.2 cm³/mol. The van der Waals surface area contributed by atoms with E-state index in [1.165, 1.54) is 0 Å². The molecule has 4 heteroatoms. The normalized spacial score (nSPS) is 11.8. The van der Waals surface area contributed by atoms with Crippen molar-refractivity contribution in [2.45, 2.75) is 39.8 Å². The minimum atomic E-state index is -0.0925. The molecule has 0 fully saturated rings. The third kappa shape index (κ3) is 4.73. The van der Waals surface area contributed by atoms with Crippen molar-refractivity contribution in [2.75, 3.05) is 7.11 Å². The van der Waals surface area contributed by atoms with E-state index in [1.54, 1.807) is 31.4 Å². The second kappa shape index (κ2) is 6.92. The summed E-state index contributed by atoms with van der Waals surface area (Å²) < 4.78 is 5.08. The van der Waals surface area contributed by atoms with Gasteiger partial charge in [-0.2, -0.15) is 0 Å². The fraction of sp³-hybridized carbons (Fsp3) is 0.467. The van der Waals surface area contributed by atoms with Gasteiger partial charge >= 0.3 is 0 Å². The van der Waals surface area contributed by atoms with Gasteiger partial charge < -0.3 is 10.1 Å². The third-order valence-electron chi connectivity index (χ3n) is 2.38. The van der Waals surface area contributed by atoms with E-state index in [4.69, 9.17) is 4.74 Å². The van der Waals surface area contributed by atoms with Crippen LogP contribution in [-0.4, -0.2) is 30.8 Å². The smallest absolute Gasteiger partial charge is 0.227 e. The Morgan fingerprint density at radius 3 is 2.16 bits per heavy atom. The Balaban J connectivity index is 2.98. The van der Waals surface area contributed by atoms with Crippen LogP contribution in [0.15, 0.2) is 29.3 Å². The number of benzene rings is 1. The van der Waals surface area contributed by atoms with Gasteiger partial charge in [-0.25, -0.2) is 0 Å². The van der Waals surface area contributed by atoms with Gasteiger partial charge in [0.1, 0.15) is 5.75 Å². The highest BCUT2D eigenvalue weighted by Gasteiger charge is 2.15. The number of carbonyl (C=O) groups is 1. The average Bonchev–Trinajstić information content (AvgIpc) is 2.36. The lowest BCUT2D eigenvalue weighted by Crippen LogP contribution is -2.37. The van der Waals surface area contributed by atoms with Crippen LogP contribution < -0.4 is 10.1 Å². The summed E-state index contributed by atoms with van der Waals surface area (Å²) in [4.78, 5) is 16.7. The first-order chi connectivity index (χ1) is 8.93. The van der Waals surface area contributed by atoms with Crippen LogP contribution in [0.2, 0.25) is 0 Å². The second-order valence-corrected chi connectivity index (χ2v) is 4.93. The number of amidine groups is 1. The third-order valence-corrected chi connectivity index (χ3v) is 2.38. The maximum atomic E-state index is 12.4. The summed E-state index contributed by atoms with van der Waals surface area (Å²) in [7, 11) is 1.60.